The second kappa shape index (κ2) is 4.93. The molecule has 7 heteroatoms. The molecule has 1 N–H and O–H groups in total. The molecule has 0 saturated carbocycles. The third-order valence-electron chi connectivity index (χ3n) is 2.48. The molecule has 96 valence electrons. The number of alkyl halides is 3. The lowest BCUT2D eigenvalue weighted by atomic mass is 10.1. The molecule has 1 aromatic heterocycles. The van der Waals surface area contributed by atoms with E-state index >= 15 is 0 Å². The molecule has 0 aliphatic heterocycles. The van der Waals surface area contributed by atoms with Gasteiger partial charge in [0.1, 0.15) is 0 Å². The molecule has 1 heterocycles. The third kappa shape index (κ3) is 2.79. The fourth-order valence-electron chi connectivity index (χ4n) is 1.63. The summed E-state index contributed by atoms with van der Waals surface area (Å²) >= 11 is 4.80. The van der Waals surface area contributed by atoms with Crippen molar-refractivity contribution in [3.8, 4) is 0 Å². The van der Waals surface area contributed by atoms with E-state index in [9.17, 15) is 13.2 Å². The Labute approximate surface area is 106 Å². The molecule has 0 aliphatic rings. The summed E-state index contributed by atoms with van der Waals surface area (Å²) in [6, 6.07) is 9.26. The summed E-state index contributed by atoms with van der Waals surface area (Å²) in [5.41, 5.74) is 0.953. The van der Waals surface area contributed by atoms with Gasteiger partial charge in [-0.25, -0.2) is 0 Å². The van der Waals surface area contributed by atoms with Crippen LogP contribution >= 0.6 is 12.2 Å². The maximum absolute atomic E-state index is 12.6. The summed E-state index contributed by atoms with van der Waals surface area (Å²) in [5, 5.41) is 5.40. The van der Waals surface area contributed by atoms with Crippen LogP contribution in [0.4, 0.5) is 13.2 Å². The van der Waals surface area contributed by atoms with Gasteiger partial charge in [-0.2, -0.15) is 13.2 Å². The van der Waals surface area contributed by atoms with E-state index in [0.717, 1.165) is 10.1 Å². The zero-order chi connectivity index (χ0) is 13.2. The number of rotatable bonds is 3. The molecular weight excluding hydrogens is 263 g/mol. The van der Waals surface area contributed by atoms with Crippen molar-refractivity contribution in [1.82, 2.24) is 14.8 Å². The number of benzene rings is 1. The molecule has 0 atom stereocenters. The highest BCUT2D eigenvalue weighted by Crippen LogP contribution is 2.27. The van der Waals surface area contributed by atoms with Crippen LogP contribution < -0.4 is 0 Å². The fourth-order valence-corrected chi connectivity index (χ4v) is 1.85. The van der Waals surface area contributed by atoms with E-state index in [0.29, 0.717) is 6.42 Å². The predicted molar refractivity (Wildman–Crippen MR) is 62.6 cm³/mol. The molecule has 0 amide bonds. The zero-order valence-electron chi connectivity index (χ0n) is 9.24. The standard InChI is InChI=1S/C11H10F3N3S/c12-11(13,14)9-15-16-10(18)17(9)7-6-8-4-2-1-3-5-8/h1-5H,6-7H2,(H,16,18). The Balaban J connectivity index is 2.20. The molecule has 1 aromatic carbocycles. The van der Waals surface area contributed by atoms with Gasteiger partial charge in [0, 0.05) is 6.54 Å². The molecule has 0 bridgehead atoms. The molecule has 2 aromatic rings. The normalized spacial score (nSPS) is 11.7. The third-order valence-corrected chi connectivity index (χ3v) is 2.79. The van der Waals surface area contributed by atoms with Gasteiger partial charge in [0.2, 0.25) is 5.82 Å². The lowest BCUT2D eigenvalue weighted by Crippen LogP contribution is -2.16. The highest BCUT2D eigenvalue weighted by molar-refractivity contribution is 7.71. The van der Waals surface area contributed by atoms with Crippen molar-refractivity contribution < 1.29 is 13.2 Å². The molecule has 0 radical (unpaired) electrons. The topological polar surface area (TPSA) is 33.6 Å². The van der Waals surface area contributed by atoms with Crippen molar-refractivity contribution in [2.75, 3.05) is 0 Å². The van der Waals surface area contributed by atoms with Crippen LogP contribution in [0.1, 0.15) is 11.4 Å². The summed E-state index contributed by atoms with van der Waals surface area (Å²) < 4.78 is 38.9. The Bertz CT molecular complexity index is 571. The lowest BCUT2D eigenvalue weighted by Gasteiger charge is -2.09. The van der Waals surface area contributed by atoms with Gasteiger partial charge >= 0.3 is 6.18 Å². The van der Waals surface area contributed by atoms with Crippen LogP contribution in [0, 0.1) is 4.77 Å². The van der Waals surface area contributed by atoms with Crippen LogP contribution in [-0.4, -0.2) is 14.8 Å². The quantitative estimate of drug-likeness (QED) is 0.871. The Morgan fingerprint density at radius 2 is 1.89 bits per heavy atom. The molecule has 0 spiro atoms. The Kier molecular flexibility index (Phi) is 3.51. The Morgan fingerprint density at radius 3 is 2.50 bits per heavy atom. The van der Waals surface area contributed by atoms with Gasteiger partial charge < -0.3 is 0 Å². The SMILES string of the molecule is FC(F)(F)c1n[nH]c(=S)n1CCc1ccccc1. The lowest BCUT2D eigenvalue weighted by molar-refractivity contribution is -0.147. The number of aryl methyl sites for hydroxylation is 1. The first kappa shape index (κ1) is 12.8. The second-order valence-electron chi connectivity index (χ2n) is 3.74. The number of nitrogens with one attached hydrogen (secondary N) is 1. The number of hydrogen-bond donors (Lipinski definition) is 1. The number of aromatic nitrogens is 3. The molecular formula is C11H10F3N3S. The smallest absolute Gasteiger partial charge is 0.296 e. The number of hydrogen-bond acceptors (Lipinski definition) is 2. The summed E-state index contributed by atoms with van der Waals surface area (Å²) in [4.78, 5) is 0. The summed E-state index contributed by atoms with van der Waals surface area (Å²) in [6.07, 6.45) is -4.03. The maximum atomic E-state index is 12.6. The van der Waals surface area contributed by atoms with E-state index in [2.05, 4.69) is 10.2 Å². The largest absolute Gasteiger partial charge is 0.451 e. The second-order valence-corrected chi connectivity index (χ2v) is 4.12. The van der Waals surface area contributed by atoms with Crippen molar-refractivity contribution in [2.24, 2.45) is 0 Å². The van der Waals surface area contributed by atoms with Gasteiger partial charge in [0.25, 0.3) is 0 Å². The monoisotopic (exact) mass is 273 g/mol. The van der Waals surface area contributed by atoms with Gasteiger partial charge in [-0.3, -0.25) is 9.67 Å². The van der Waals surface area contributed by atoms with Gasteiger partial charge in [-0.05, 0) is 24.2 Å². The van der Waals surface area contributed by atoms with Crippen molar-refractivity contribution in [3.63, 3.8) is 0 Å². The van der Waals surface area contributed by atoms with Crippen LogP contribution in [0.15, 0.2) is 30.3 Å². The molecule has 0 fully saturated rings. The van der Waals surface area contributed by atoms with E-state index in [1.165, 1.54) is 0 Å². The average molecular weight is 273 g/mol. The molecule has 0 unspecified atom stereocenters. The van der Waals surface area contributed by atoms with Crippen LogP contribution in [0.5, 0.6) is 0 Å². The van der Waals surface area contributed by atoms with Crippen molar-refractivity contribution >= 4 is 12.2 Å². The Morgan fingerprint density at radius 1 is 1.22 bits per heavy atom. The van der Waals surface area contributed by atoms with E-state index in [4.69, 9.17) is 12.2 Å². The fraction of sp³-hybridized carbons (Fsp3) is 0.273. The highest BCUT2D eigenvalue weighted by atomic mass is 32.1. The average Bonchev–Trinajstić information content (AvgIpc) is 2.69. The minimum atomic E-state index is -4.50. The summed E-state index contributed by atoms with van der Waals surface area (Å²) in [5.74, 6) is -0.983. The van der Waals surface area contributed by atoms with E-state index in [1.807, 2.05) is 30.3 Å². The first-order chi connectivity index (χ1) is 8.48. The van der Waals surface area contributed by atoms with Gasteiger partial charge in [0.05, 0.1) is 0 Å². The molecule has 3 nitrogen and oxygen atoms in total. The van der Waals surface area contributed by atoms with Gasteiger partial charge in [-0.15, -0.1) is 5.10 Å². The van der Waals surface area contributed by atoms with Crippen LogP contribution in [0.2, 0.25) is 0 Å². The summed E-state index contributed by atoms with van der Waals surface area (Å²) in [6.45, 7) is 0.147. The highest BCUT2D eigenvalue weighted by Gasteiger charge is 2.37. The van der Waals surface area contributed by atoms with Crippen LogP contribution in [-0.2, 0) is 19.1 Å². The number of aromatic amines is 1. The Hall–Kier alpha value is -1.63. The maximum Gasteiger partial charge on any atom is 0.451 e. The zero-order valence-corrected chi connectivity index (χ0v) is 10.1. The van der Waals surface area contributed by atoms with E-state index in [-0.39, 0.29) is 11.3 Å². The number of H-pyrrole nitrogens is 1. The number of nitrogens with zero attached hydrogens (tertiary/aromatic N) is 2. The first-order valence-electron chi connectivity index (χ1n) is 5.25. The minimum absolute atomic E-state index is 0.0155. The van der Waals surface area contributed by atoms with Crippen molar-refractivity contribution in [1.29, 1.82) is 0 Å². The van der Waals surface area contributed by atoms with Crippen LogP contribution in [0.25, 0.3) is 0 Å². The van der Waals surface area contributed by atoms with E-state index < -0.39 is 12.0 Å². The molecule has 0 saturated heterocycles. The van der Waals surface area contributed by atoms with Crippen LogP contribution in [0.3, 0.4) is 0 Å². The van der Waals surface area contributed by atoms with Crippen molar-refractivity contribution in [2.45, 2.75) is 19.1 Å². The molecule has 0 aliphatic carbocycles. The van der Waals surface area contributed by atoms with Gasteiger partial charge in [-0.1, -0.05) is 30.3 Å². The minimum Gasteiger partial charge on any atom is -0.296 e. The summed E-state index contributed by atoms with van der Waals surface area (Å²) in [7, 11) is 0. The molecule has 2 rings (SSSR count). The number of halogens is 3. The first-order valence-corrected chi connectivity index (χ1v) is 5.65. The van der Waals surface area contributed by atoms with Gasteiger partial charge in [0.15, 0.2) is 4.77 Å². The predicted octanol–water partition coefficient (Wildman–Crippen LogP) is 3.20. The molecule has 18 heavy (non-hydrogen) atoms. The van der Waals surface area contributed by atoms with E-state index in [1.54, 1.807) is 0 Å². The van der Waals surface area contributed by atoms with Crippen molar-refractivity contribution in [3.05, 3.63) is 46.5 Å².